The zero-order valence-corrected chi connectivity index (χ0v) is 13.6. The zero-order chi connectivity index (χ0) is 15.3. The van der Waals surface area contributed by atoms with Crippen LogP contribution >= 0.6 is 15.9 Å². The van der Waals surface area contributed by atoms with Gasteiger partial charge in [-0.3, -0.25) is 4.79 Å². The molecule has 1 rings (SSSR count). The number of carbonyl (C=O) groups is 1. The fourth-order valence-corrected chi connectivity index (χ4v) is 2.45. The minimum absolute atomic E-state index is 0.0756. The molecule has 1 aromatic carbocycles. The van der Waals surface area contributed by atoms with Crippen LogP contribution in [0.3, 0.4) is 0 Å². The van der Waals surface area contributed by atoms with E-state index in [4.69, 9.17) is 10.5 Å². The Morgan fingerprint density at radius 3 is 2.70 bits per heavy atom. The third-order valence-electron chi connectivity index (χ3n) is 2.57. The lowest BCUT2D eigenvalue weighted by Crippen LogP contribution is -2.37. The molecule has 112 valence electrons. The van der Waals surface area contributed by atoms with Gasteiger partial charge in [0.2, 0.25) is 5.91 Å². The van der Waals surface area contributed by atoms with Gasteiger partial charge in [-0.25, -0.2) is 8.42 Å². The molecule has 0 aromatic heterocycles. The first kappa shape index (κ1) is 16.9. The van der Waals surface area contributed by atoms with Crippen LogP contribution in [0.4, 0.5) is 5.69 Å². The van der Waals surface area contributed by atoms with E-state index in [1.165, 1.54) is 7.11 Å². The average molecular weight is 365 g/mol. The number of methoxy groups -OCH3 is 1. The normalized spacial score (nSPS) is 12.8. The molecule has 0 aliphatic carbocycles. The third kappa shape index (κ3) is 5.48. The number of anilines is 1. The maximum absolute atomic E-state index is 11.9. The van der Waals surface area contributed by atoms with Crippen LogP contribution in [-0.2, 0) is 14.6 Å². The van der Waals surface area contributed by atoms with Gasteiger partial charge >= 0.3 is 0 Å². The lowest BCUT2D eigenvalue weighted by molar-refractivity contribution is -0.117. The molecule has 0 aliphatic rings. The second kappa shape index (κ2) is 7.05. The van der Waals surface area contributed by atoms with Crippen LogP contribution < -0.4 is 15.8 Å². The first-order valence-corrected chi connectivity index (χ1v) is 8.66. The molecule has 1 unspecified atom stereocenters. The van der Waals surface area contributed by atoms with Gasteiger partial charge < -0.3 is 15.8 Å². The highest BCUT2D eigenvalue weighted by Crippen LogP contribution is 2.27. The van der Waals surface area contributed by atoms with Gasteiger partial charge in [0.15, 0.2) is 0 Å². The molecule has 0 spiro atoms. The molecular formula is C12H17BrN2O4S. The summed E-state index contributed by atoms with van der Waals surface area (Å²) in [5.41, 5.74) is 6.19. The number of ether oxygens (including phenoxy) is 1. The molecule has 0 bridgehead atoms. The molecule has 0 radical (unpaired) electrons. The van der Waals surface area contributed by atoms with E-state index in [1.807, 2.05) is 0 Å². The van der Waals surface area contributed by atoms with Gasteiger partial charge in [-0.2, -0.15) is 0 Å². The molecule has 20 heavy (non-hydrogen) atoms. The minimum atomic E-state index is -3.13. The Labute approximate surface area is 126 Å². The number of hydrogen-bond donors (Lipinski definition) is 2. The van der Waals surface area contributed by atoms with Crippen molar-refractivity contribution in [2.45, 2.75) is 12.5 Å². The van der Waals surface area contributed by atoms with Crippen molar-refractivity contribution in [1.82, 2.24) is 0 Å². The lowest BCUT2D eigenvalue weighted by Gasteiger charge is -2.13. The van der Waals surface area contributed by atoms with Crippen molar-refractivity contribution in [3.8, 4) is 5.75 Å². The fourth-order valence-electron chi connectivity index (χ4n) is 1.42. The summed E-state index contributed by atoms with van der Waals surface area (Å²) in [4.78, 5) is 11.9. The largest absolute Gasteiger partial charge is 0.497 e. The Morgan fingerprint density at radius 1 is 1.50 bits per heavy atom. The van der Waals surface area contributed by atoms with E-state index in [-0.39, 0.29) is 12.2 Å². The molecule has 0 heterocycles. The second-order valence-electron chi connectivity index (χ2n) is 4.36. The first-order valence-electron chi connectivity index (χ1n) is 5.80. The monoisotopic (exact) mass is 364 g/mol. The van der Waals surface area contributed by atoms with Crippen molar-refractivity contribution >= 4 is 37.4 Å². The molecule has 1 atom stereocenters. The van der Waals surface area contributed by atoms with Crippen LogP contribution in [0.25, 0.3) is 0 Å². The van der Waals surface area contributed by atoms with E-state index < -0.39 is 21.8 Å². The van der Waals surface area contributed by atoms with E-state index in [9.17, 15) is 13.2 Å². The summed E-state index contributed by atoms with van der Waals surface area (Å²) in [6, 6.07) is 4.23. The number of benzene rings is 1. The van der Waals surface area contributed by atoms with Gasteiger partial charge in [-0.1, -0.05) is 0 Å². The Balaban J connectivity index is 2.70. The van der Waals surface area contributed by atoms with Crippen molar-refractivity contribution < 1.29 is 17.9 Å². The van der Waals surface area contributed by atoms with Gasteiger partial charge in [0.1, 0.15) is 15.6 Å². The maximum atomic E-state index is 11.9. The lowest BCUT2D eigenvalue weighted by atomic mass is 10.2. The SMILES string of the molecule is COc1ccc(Br)c(NC(=O)C(N)CCS(C)(=O)=O)c1. The van der Waals surface area contributed by atoms with Crippen molar-refractivity contribution in [2.75, 3.05) is 24.4 Å². The molecular weight excluding hydrogens is 348 g/mol. The third-order valence-corrected chi connectivity index (χ3v) is 4.24. The molecule has 1 aromatic rings. The van der Waals surface area contributed by atoms with Crippen LogP contribution in [0, 0.1) is 0 Å². The topological polar surface area (TPSA) is 98.5 Å². The quantitative estimate of drug-likeness (QED) is 0.788. The summed E-state index contributed by atoms with van der Waals surface area (Å²) in [5.74, 6) is 0.0248. The molecule has 0 saturated heterocycles. The van der Waals surface area contributed by atoms with Crippen LogP contribution in [0.2, 0.25) is 0 Å². The smallest absolute Gasteiger partial charge is 0.241 e. The average Bonchev–Trinajstić information content (AvgIpc) is 2.37. The van der Waals surface area contributed by atoms with Crippen molar-refractivity contribution in [1.29, 1.82) is 0 Å². The second-order valence-corrected chi connectivity index (χ2v) is 7.47. The van der Waals surface area contributed by atoms with Gasteiger partial charge in [0.05, 0.1) is 24.6 Å². The number of nitrogens with two attached hydrogens (primary N) is 1. The molecule has 3 N–H and O–H groups in total. The summed E-state index contributed by atoms with van der Waals surface area (Å²) in [6.45, 7) is 0. The van der Waals surface area contributed by atoms with Crippen LogP contribution in [0.1, 0.15) is 6.42 Å². The summed E-state index contributed by atoms with van der Waals surface area (Å²) >= 11 is 3.30. The number of hydrogen-bond acceptors (Lipinski definition) is 5. The first-order chi connectivity index (χ1) is 9.23. The highest BCUT2D eigenvalue weighted by molar-refractivity contribution is 9.10. The standard InChI is InChI=1S/C12H17BrN2O4S/c1-19-8-3-4-9(13)11(7-8)15-12(16)10(14)5-6-20(2,17)18/h3-4,7,10H,5-6,14H2,1-2H3,(H,15,16). The summed E-state index contributed by atoms with van der Waals surface area (Å²) in [5, 5.41) is 2.64. The minimum Gasteiger partial charge on any atom is -0.497 e. The molecule has 0 aliphatic heterocycles. The summed E-state index contributed by atoms with van der Waals surface area (Å²) in [7, 11) is -1.61. The highest BCUT2D eigenvalue weighted by atomic mass is 79.9. The van der Waals surface area contributed by atoms with Crippen LogP contribution in [0.15, 0.2) is 22.7 Å². The number of carbonyl (C=O) groups excluding carboxylic acids is 1. The van der Waals surface area contributed by atoms with Gasteiger partial charge in [0, 0.05) is 16.8 Å². The number of rotatable bonds is 6. The molecule has 1 amide bonds. The van der Waals surface area contributed by atoms with Gasteiger partial charge in [0.25, 0.3) is 0 Å². The zero-order valence-electron chi connectivity index (χ0n) is 11.2. The Bertz CT molecular complexity index is 589. The summed E-state index contributed by atoms with van der Waals surface area (Å²) < 4.78 is 27.8. The number of nitrogens with one attached hydrogen (secondary N) is 1. The Hall–Kier alpha value is -1.12. The van der Waals surface area contributed by atoms with Crippen LogP contribution in [0.5, 0.6) is 5.75 Å². The number of sulfone groups is 1. The van der Waals surface area contributed by atoms with E-state index in [2.05, 4.69) is 21.2 Å². The Morgan fingerprint density at radius 2 is 2.15 bits per heavy atom. The molecule has 0 saturated carbocycles. The molecule has 8 heteroatoms. The molecule has 6 nitrogen and oxygen atoms in total. The van der Waals surface area contributed by atoms with Crippen molar-refractivity contribution in [2.24, 2.45) is 5.73 Å². The summed E-state index contributed by atoms with van der Waals surface area (Å²) in [6.07, 6.45) is 1.18. The fraction of sp³-hybridized carbons (Fsp3) is 0.417. The Kier molecular flexibility index (Phi) is 5.97. The predicted octanol–water partition coefficient (Wildman–Crippen LogP) is 1.16. The van der Waals surface area contributed by atoms with Crippen molar-refractivity contribution in [3.63, 3.8) is 0 Å². The van der Waals surface area contributed by atoms with Gasteiger partial charge in [-0.05, 0) is 34.5 Å². The molecule has 0 fully saturated rings. The maximum Gasteiger partial charge on any atom is 0.241 e. The number of halogens is 1. The van der Waals surface area contributed by atoms with E-state index >= 15 is 0 Å². The van der Waals surface area contributed by atoms with E-state index in [1.54, 1.807) is 18.2 Å². The van der Waals surface area contributed by atoms with E-state index in [0.29, 0.717) is 15.9 Å². The predicted molar refractivity (Wildman–Crippen MR) is 81.6 cm³/mol. The highest BCUT2D eigenvalue weighted by Gasteiger charge is 2.17. The van der Waals surface area contributed by atoms with Gasteiger partial charge in [-0.15, -0.1) is 0 Å². The number of amides is 1. The van der Waals surface area contributed by atoms with Crippen molar-refractivity contribution in [3.05, 3.63) is 22.7 Å². The van der Waals surface area contributed by atoms with Crippen LogP contribution in [-0.4, -0.2) is 39.5 Å². The van der Waals surface area contributed by atoms with E-state index in [0.717, 1.165) is 6.26 Å².